The van der Waals surface area contributed by atoms with E-state index in [4.69, 9.17) is 75.8 Å². The van der Waals surface area contributed by atoms with Gasteiger partial charge >= 0.3 is 5.97 Å². The Kier molecular flexibility index (Phi) is 12.4. The number of ether oxygens (including phenoxy) is 16. The van der Waals surface area contributed by atoms with Gasteiger partial charge in [0.05, 0.1) is 92.2 Å². The molecule has 0 aromatic heterocycles. The average molecular weight is 1070 g/mol. The minimum Gasteiger partial charge on any atom is -0.459 e. The lowest BCUT2D eigenvalue weighted by molar-refractivity contribution is -0.439. The van der Waals surface area contributed by atoms with E-state index in [2.05, 4.69) is 40.9 Å². The molecule has 3 spiro atoms. The summed E-state index contributed by atoms with van der Waals surface area (Å²) in [6.07, 6.45) is -0.826. The van der Waals surface area contributed by atoms with Gasteiger partial charge < -0.3 is 86.0 Å². The summed E-state index contributed by atoms with van der Waals surface area (Å²) in [5.41, 5.74) is 2.09. The minimum atomic E-state index is -1.54. The number of esters is 1. The molecule has 0 aromatic rings. The van der Waals surface area contributed by atoms with Gasteiger partial charge in [-0.25, -0.2) is 0 Å². The van der Waals surface area contributed by atoms with E-state index in [9.17, 15) is 15.0 Å². The zero-order valence-corrected chi connectivity index (χ0v) is 44.7. The molecule has 19 heteroatoms. The Morgan fingerprint density at radius 2 is 1.22 bits per heavy atom. The van der Waals surface area contributed by atoms with Crippen LogP contribution in [0.5, 0.6) is 0 Å². The number of carbonyl (C=O) groups excluding carboxylic acids is 1. The van der Waals surface area contributed by atoms with Gasteiger partial charge in [-0.15, -0.1) is 0 Å². The Balaban J connectivity index is 0.675. The summed E-state index contributed by atoms with van der Waals surface area (Å²) in [6.45, 7) is 19.5. The molecule has 31 unspecified atom stereocenters. The molecule has 0 saturated carbocycles. The quantitative estimate of drug-likeness (QED) is 0.240. The maximum absolute atomic E-state index is 14.5. The number of aliphatic hydroxyl groups is 2. The molecule has 16 aliphatic rings. The van der Waals surface area contributed by atoms with Crippen LogP contribution in [-0.4, -0.2) is 180 Å². The van der Waals surface area contributed by atoms with Crippen LogP contribution in [-0.2, 0) is 80.6 Å². The van der Waals surface area contributed by atoms with Crippen LogP contribution < -0.4 is 0 Å². The summed E-state index contributed by atoms with van der Waals surface area (Å²) in [7, 11) is 0. The van der Waals surface area contributed by atoms with E-state index >= 15 is 0 Å². The van der Waals surface area contributed by atoms with E-state index in [1.54, 1.807) is 0 Å². The Morgan fingerprint density at radius 1 is 0.513 bits per heavy atom. The molecule has 16 fully saturated rings. The predicted molar refractivity (Wildman–Crippen MR) is 259 cm³/mol. The van der Waals surface area contributed by atoms with Crippen LogP contribution in [0.4, 0.5) is 0 Å². The average Bonchev–Trinajstić information content (AvgIpc) is 4.24. The molecule has 16 aliphatic heterocycles. The predicted octanol–water partition coefficient (Wildman–Crippen LogP) is 5.06. The van der Waals surface area contributed by atoms with Crippen molar-refractivity contribution in [2.45, 2.75) is 301 Å². The topological polar surface area (TPSA) is 205 Å². The van der Waals surface area contributed by atoms with Gasteiger partial charge in [0.2, 0.25) is 5.79 Å². The fraction of sp³-hybridized carbons (Fsp3) is 0.912. The third-order valence-electron chi connectivity index (χ3n) is 21.0. The van der Waals surface area contributed by atoms with Crippen molar-refractivity contribution in [2.24, 2.45) is 23.7 Å². The molecular formula is C57H80O19. The lowest BCUT2D eigenvalue weighted by Gasteiger charge is -2.54. The van der Waals surface area contributed by atoms with Crippen molar-refractivity contribution in [1.82, 2.24) is 0 Å². The summed E-state index contributed by atoms with van der Waals surface area (Å²) in [5, 5.41) is 22.4. The maximum atomic E-state index is 14.5. The smallest absolute Gasteiger partial charge is 0.308 e. The molecule has 0 amide bonds. The Bertz CT molecular complexity index is 2310. The number of aliphatic hydroxyl groups excluding tert-OH is 1. The Morgan fingerprint density at radius 3 is 2.08 bits per heavy atom. The molecule has 422 valence electrons. The van der Waals surface area contributed by atoms with Crippen molar-refractivity contribution in [3.05, 3.63) is 24.3 Å². The maximum Gasteiger partial charge on any atom is 0.308 e. The second-order valence-corrected chi connectivity index (χ2v) is 26.4. The van der Waals surface area contributed by atoms with Gasteiger partial charge in [0.1, 0.15) is 48.8 Å². The molecule has 0 radical (unpaired) electrons. The molecule has 12 bridgehead atoms. The summed E-state index contributed by atoms with van der Waals surface area (Å²) in [6, 6.07) is 0. The summed E-state index contributed by atoms with van der Waals surface area (Å²) in [4.78, 5) is 14.5. The van der Waals surface area contributed by atoms with Crippen molar-refractivity contribution in [2.75, 3.05) is 0 Å². The minimum absolute atomic E-state index is 0.0233. The Hall–Kier alpha value is -1.73. The summed E-state index contributed by atoms with van der Waals surface area (Å²) >= 11 is 0. The second-order valence-electron chi connectivity index (χ2n) is 26.4. The third kappa shape index (κ3) is 8.38. The first-order chi connectivity index (χ1) is 36.4. The van der Waals surface area contributed by atoms with Crippen LogP contribution in [0.15, 0.2) is 24.3 Å². The van der Waals surface area contributed by atoms with Gasteiger partial charge in [0.15, 0.2) is 29.9 Å². The largest absolute Gasteiger partial charge is 0.459 e. The Labute approximate surface area is 444 Å². The first-order valence-corrected chi connectivity index (χ1v) is 29.3. The monoisotopic (exact) mass is 1070 g/mol. The molecule has 16 heterocycles. The van der Waals surface area contributed by atoms with Gasteiger partial charge in [-0.2, -0.15) is 0 Å². The van der Waals surface area contributed by atoms with Crippen LogP contribution in [0, 0.1) is 23.7 Å². The van der Waals surface area contributed by atoms with Crippen LogP contribution >= 0.6 is 0 Å². The highest BCUT2D eigenvalue weighted by Gasteiger charge is 2.75. The van der Waals surface area contributed by atoms with E-state index in [0.717, 1.165) is 36.8 Å². The third-order valence-corrected chi connectivity index (χ3v) is 21.0. The van der Waals surface area contributed by atoms with Crippen molar-refractivity contribution >= 4 is 5.97 Å². The first-order valence-electron chi connectivity index (χ1n) is 29.3. The first kappa shape index (κ1) is 51.2. The highest BCUT2D eigenvalue weighted by molar-refractivity contribution is 5.70. The number of hydrogen-bond donors (Lipinski definition) is 2. The lowest BCUT2D eigenvalue weighted by atomic mass is 9.79. The van der Waals surface area contributed by atoms with Crippen LogP contribution in [0.1, 0.15) is 137 Å². The standard InChI is InChI=1S/C57H80O19/c1-24-14-31-8-10-34-25(2)15-33(62-34)12-13-54-23-57(60)51(75-54)50-49(74-57)48(73-54)47-35(66-50)11-9-32(64-47)16-42(58)68-46-29(6)45-39(65-38(46)17-36(63-31)28(24)5)18-37-40(67-45)21-56(70-37)22-41-43(72-56)26(3)19-55(71-41)20-27(4)44-53(76-55)69-52(59)30(7)61-44/h24,26-27,29-41,43-53,59-60H,2,5,8-23H2,1,3-4,6-7H3. The molecule has 31 atom stereocenters. The zero-order valence-electron chi connectivity index (χ0n) is 44.7. The van der Waals surface area contributed by atoms with E-state index in [0.29, 0.717) is 64.2 Å². The van der Waals surface area contributed by atoms with Crippen LogP contribution in [0.2, 0.25) is 0 Å². The highest BCUT2D eigenvalue weighted by Crippen LogP contribution is 2.59. The highest BCUT2D eigenvalue weighted by atomic mass is 16.8. The van der Waals surface area contributed by atoms with Gasteiger partial charge in [-0.1, -0.05) is 40.9 Å². The van der Waals surface area contributed by atoms with Crippen molar-refractivity contribution < 1.29 is 90.8 Å². The van der Waals surface area contributed by atoms with Gasteiger partial charge in [-0.3, -0.25) is 4.79 Å². The molecule has 0 aromatic carbocycles. The number of carbonyl (C=O) groups is 1. The molecule has 0 aliphatic carbocycles. The van der Waals surface area contributed by atoms with Crippen molar-refractivity contribution in [1.29, 1.82) is 0 Å². The van der Waals surface area contributed by atoms with Crippen molar-refractivity contribution in [3.8, 4) is 0 Å². The molecular weight excluding hydrogens is 989 g/mol. The molecule has 16 rings (SSSR count). The fourth-order valence-electron chi connectivity index (χ4n) is 17.3. The second kappa shape index (κ2) is 18.4. The SMILES string of the molecule is C=C1CC2CCC34CC5(O)OC6C(O3)C3OC(CCC3OC6C5O4)CC(=O)OC3C(CC4OC(CCC1O2)CC(C)C4=C)OC1CC2OC4(CC2OC1C3C)CC1OC2(CC(C)C1O4)CC(C)C1OC(C)C(O)OC1O2. The van der Waals surface area contributed by atoms with E-state index in [-0.39, 0.29) is 110 Å². The fourth-order valence-corrected chi connectivity index (χ4v) is 17.3. The van der Waals surface area contributed by atoms with Crippen molar-refractivity contribution in [3.63, 3.8) is 0 Å². The van der Waals surface area contributed by atoms with Gasteiger partial charge in [-0.05, 0) is 80.8 Å². The van der Waals surface area contributed by atoms with Crippen LogP contribution in [0.3, 0.4) is 0 Å². The molecule has 2 N–H and O–H groups in total. The number of rotatable bonds is 0. The van der Waals surface area contributed by atoms with Gasteiger partial charge in [0.25, 0.3) is 0 Å². The summed E-state index contributed by atoms with van der Waals surface area (Å²) < 4.78 is 108. The molecule has 19 nitrogen and oxygen atoms in total. The molecule has 16 saturated heterocycles. The van der Waals surface area contributed by atoms with E-state index < -0.39 is 96.8 Å². The van der Waals surface area contributed by atoms with Gasteiger partial charge in [0, 0.05) is 50.9 Å². The normalized spacial score (nSPS) is 60.2. The van der Waals surface area contributed by atoms with Crippen LogP contribution in [0.25, 0.3) is 0 Å². The van der Waals surface area contributed by atoms with E-state index in [1.807, 2.05) is 6.92 Å². The summed E-state index contributed by atoms with van der Waals surface area (Å²) in [5.74, 6) is -4.76. The van der Waals surface area contributed by atoms with E-state index in [1.165, 1.54) is 0 Å². The number of hydrogen-bond acceptors (Lipinski definition) is 19. The lowest BCUT2D eigenvalue weighted by Crippen LogP contribution is -2.63. The molecule has 76 heavy (non-hydrogen) atoms. The zero-order chi connectivity index (χ0) is 51.9. The number of fused-ring (bicyclic) bond motifs is 10.